The van der Waals surface area contributed by atoms with Crippen molar-refractivity contribution in [1.29, 1.82) is 0 Å². The van der Waals surface area contributed by atoms with E-state index in [0.29, 0.717) is 12.1 Å². The van der Waals surface area contributed by atoms with Crippen LogP contribution in [0.2, 0.25) is 0 Å². The summed E-state index contributed by atoms with van der Waals surface area (Å²) < 4.78 is 0. The number of nitrogens with one attached hydrogen (secondary N) is 1. The normalized spacial score (nSPS) is 10.0. The predicted molar refractivity (Wildman–Crippen MR) is 44.3 cm³/mol. The van der Waals surface area contributed by atoms with Crippen molar-refractivity contribution < 1.29 is 0 Å². The van der Waals surface area contributed by atoms with Gasteiger partial charge in [0.25, 0.3) is 5.56 Å². The van der Waals surface area contributed by atoms with Crippen LogP contribution < -0.4 is 11.3 Å². The predicted octanol–water partition coefficient (Wildman–Crippen LogP) is 0.396. The van der Waals surface area contributed by atoms with E-state index in [1.807, 2.05) is 13.0 Å². The molecule has 0 aliphatic rings. The molecule has 3 heteroatoms. The molecular weight excluding hydrogens is 140 g/mol. The van der Waals surface area contributed by atoms with Crippen LogP contribution in [0.1, 0.15) is 18.2 Å². The molecule has 60 valence electrons. The maximum absolute atomic E-state index is 11.1. The van der Waals surface area contributed by atoms with Crippen LogP contribution in [0.5, 0.6) is 0 Å². The summed E-state index contributed by atoms with van der Waals surface area (Å²) in [5, 5.41) is 0. The topological polar surface area (TPSA) is 58.9 Å². The number of pyridine rings is 1. The standard InChI is InChI=1S/C8H12N2O/c1-2-7-4-3-6(5-9)8(11)10-7/h3-4H,2,5,9H2,1H3,(H,10,11). The molecule has 0 spiro atoms. The van der Waals surface area contributed by atoms with Gasteiger partial charge in [0.1, 0.15) is 0 Å². The first-order valence-corrected chi connectivity index (χ1v) is 3.69. The first-order valence-electron chi connectivity index (χ1n) is 3.69. The second-order valence-electron chi connectivity index (χ2n) is 2.40. The second kappa shape index (κ2) is 3.34. The Kier molecular flexibility index (Phi) is 2.44. The fourth-order valence-corrected chi connectivity index (χ4v) is 0.912. The fraction of sp³-hybridized carbons (Fsp3) is 0.375. The van der Waals surface area contributed by atoms with E-state index < -0.39 is 0 Å². The lowest BCUT2D eigenvalue weighted by Gasteiger charge is -1.97. The van der Waals surface area contributed by atoms with Gasteiger partial charge in [0, 0.05) is 17.8 Å². The average Bonchev–Trinajstić information content (AvgIpc) is 2.04. The van der Waals surface area contributed by atoms with Crippen molar-refractivity contribution in [2.24, 2.45) is 5.73 Å². The lowest BCUT2D eigenvalue weighted by Crippen LogP contribution is -2.16. The Labute approximate surface area is 65.2 Å². The Morgan fingerprint density at radius 2 is 2.27 bits per heavy atom. The van der Waals surface area contributed by atoms with Gasteiger partial charge in [0.15, 0.2) is 0 Å². The van der Waals surface area contributed by atoms with Gasteiger partial charge in [-0.3, -0.25) is 4.79 Å². The van der Waals surface area contributed by atoms with Crippen molar-refractivity contribution in [2.45, 2.75) is 19.9 Å². The van der Waals surface area contributed by atoms with E-state index in [0.717, 1.165) is 12.1 Å². The largest absolute Gasteiger partial charge is 0.326 e. The average molecular weight is 152 g/mol. The summed E-state index contributed by atoms with van der Waals surface area (Å²) in [5.41, 5.74) is 6.85. The van der Waals surface area contributed by atoms with E-state index in [2.05, 4.69) is 4.98 Å². The Hall–Kier alpha value is -1.09. The third-order valence-corrected chi connectivity index (χ3v) is 1.65. The van der Waals surface area contributed by atoms with E-state index in [1.54, 1.807) is 6.07 Å². The molecule has 0 aromatic carbocycles. The molecule has 3 N–H and O–H groups in total. The maximum atomic E-state index is 11.1. The zero-order chi connectivity index (χ0) is 8.27. The molecule has 1 aromatic rings. The molecule has 0 saturated carbocycles. The SMILES string of the molecule is CCc1ccc(CN)c(=O)[nH]1. The lowest BCUT2D eigenvalue weighted by molar-refractivity contribution is 0.957. The van der Waals surface area contributed by atoms with Gasteiger partial charge >= 0.3 is 0 Å². The molecular formula is C8H12N2O. The van der Waals surface area contributed by atoms with Crippen LogP contribution in [0.15, 0.2) is 16.9 Å². The molecule has 1 rings (SSSR count). The Morgan fingerprint density at radius 3 is 2.73 bits per heavy atom. The van der Waals surface area contributed by atoms with Crippen LogP contribution >= 0.6 is 0 Å². The van der Waals surface area contributed by atoms with Gasteiger partial charge in [-0.15, -0.1) is 0 Å². The molecule has 0 bridgehead atoms. The molecule has 0 fully saturated rings. The quantitative estimate of drug-likeness (QED) is 0.644. The number of H-pyrrole nitrogens is 1. The van der Waals surface area contributed by atoms with Crippen LogP contribution in [-0.4, -0.2) is 4.98 Å². The number of hydrogen-bond acceptors (Lipinski definition) is 2. The minimum Gasteiger partial charge on any atom is -0.326 e. The minimum atomic E-state index is -0.0631. The Balaban J connectivity index is 3.10. The highest BCUT2D eigenvalue weighted by Gasteiger charge is 1.96. The number of aromatic nitrogens is 1. The van der Waals surface area contributed by atoms with Crippen LogP contribution in [-0.2, 0) is 13.0 Å². The molecule has 0 aliphatic heterocycles. The molecule has 1 aromatic heterocycles. The van der Waals surface area contributed by atoms with Crippen molar-refractivity contribution in [2.75, 3.05) is 0 Å². The maximum Gasteiger partial charge on any atom is 0.252 e. The summed E-state index contributed by atoms with van der Waals surface area (Å²) >= 11 is 0. The van der Waals surface area contributed by atoms with Gasteiger partial charge in [0.2, 0.25) is 0 Å². The van der Waals surface area contributed by atoms with Gasteiger partial charge in [-0.1, -0.05) is 13.0 Å². The minimum absolute atomic E-state index is 0.0631. The second-order valence-corrected chi connectivity index (χ2v) is 2.40. The van der Waals surface area contributed by atoms with Gasteiger partial charge in [0.05, 0.1) is 0 Å². The molecule has 0 atom stereocenters. The Morgan fingerprint density at radius 1 is 1.55 bits per heavy atom. The zero-order valence-corrected chi connectivity index (χ0v) is 6.55. The van der Waals surface area contributed by atoms with E-state index in [4.69, 9.17) is 5.73 Å². The number of nitrogens with two attached hydrogens (primary N) is 1. The van der Waals surface area contributed by atoms with Gasteiger partial charge in [-0.2, -0.15) is 0 Å². The van der Waals surface area contributed by atoms with E-state index >= 15 is 0 Å². The molecule has 0 aliphatic carbocycles. The zero-order valence-electron chi connectivity index (χ0n) is 6.55. The summed E-state index contributed by atoms with van der Waals surface area (Å²) in [5.74, 6) is 0. The summed E-state index contributed by atoms with van der Waals surface area (Å²) in [7, 11) is 0. The third-order valence-electron chi connectivity index (χ3n) is 1.65. The van der Waals surface area contributed by atoms with Crippen molar-refractivity contribution in [3.63, 3.8) is 0 Å². The third kappa shape index (κ3) is 1.68. The van der Waals surface area contributed by atoms with E-state index in [-0.39, 0.29) is 5.56 Å². The molecule has 1 heterocycles. The molecule has 3 nitrogen and oxygen atoms in total. The number of rotatable bonds is 2. The highest BCUT2D eigenvalue weighted by atomic mass is 16.1. The van der Waals surface area contributed by atoms with Crippen molar-refractivity contribution in [3.8, 4) is 0 Å². The lowest BCUT2D eigenvalue weighted by atomic mass is 10.2. The highest BCUT2D eigenvalue weighted by Crippen LogP contribution is 1.94. The van der Waals surface area contributed by atoms with Crippen molar-refractivity contribution in [3.05, 3.63) is 33.7 Å². The number of aryl methyl sites for hydroxylation is 1. The number of hydrogen-bond donors (Lipinski definition) is 2. The van der Waals surface area contributed by atoms with Crippen LogP contribution in [0.3, 0.4) is 0 Å². The van der Waals surface area contributed by atoms with E-state index in [1.165, 1.54) is 0 Å². The van der Waals surface area contributed by atoms with E-state index in [9.17, 15) is 4.79 Å². The van der Waals surface area contributed by atoms with Crippen molar-refractivity contribution in [1.82, 2.24) is 4.98 Å². The number of aromatic amines is 1. The van der Waals surface area contributed by atoms with Crippen LogP contribution in [0.4, 0.5) is 0 Å². The highest BCUT2D eigenvalue weighted by molar-refractivity contribution is 5.13. The summed E-state index contributed by atoms with van der Waals surface area (Å²) in [6, 6.07) is 3.67. The molecule has 11 heavy (non-hydrogen) atoms. The molecule has 0 saturated heterocycles. The summed E-state index contributed by atoms with van der Waals surface area (Å²) in [6.07, 6.45) is 0.847. The first-order chi connectivity index (χ1) is 5.27. The van der Waals surface area contributed by atoms with Crippen LogP contribution in [0, 0.1) is 0 Å². The summed E-state index contributed by atoms with van der Waals surface area (Å²) in [4.78, 5) is 13.8. The van der Waals surface area contributed by atoms with Gasteiger partial charge in [-0.05, 0) is 12.5 Å². The summed E-state index contributed by atoms with van der Waals surface area (Å²) in [6.45, 7) is 2.30. The monoisotopic (exact) mass is 152 g/mol. The van der Waals surface area contributed by atoms with Crippen LogP contribution in [0.25, 0.3) is 0 Å². The molecule has 0 radical (unpaired) electrons. The fourth-order valence-electron chi connectivity index (χ4n) is 0.912. The molecule has 0 amide bonds. The smallest absolute Gasteiger partial charge is 0.252 e. The van der Waals surface area contributed by atoms with Gasteiger partial charge in [-0.25, -0.2) is 0 Å². The van der Waals surface area contributed by atoms with Gasteiger partial charge < -0.3 is 10.7 Å². The molecule has 0 unspecified atom stereocenters. The van der Waals surface area contributed by atoms with Crippen molar-refractivity contribution >= 4 is 0 Å². The first kappa shape index (κ1) is 8.01. The Bertz CT molecular complexity index is 290.